The topological polar surface area (TPSA) is 51.5 Å². The molecule has 0 aliphatic heterocycles. The smallest absolute Gasteiger partial charge is 0.338 e. The van der Waals surface area contributed by atoms with Crippen molar-refractivity contribution in [3.05, 3.63) is 42.0 Å². The number of hydrogen-bond acceptors (Lipinski definition) is 3. The van der Waals surface area contributed by atoms with Crippen molar-refractivity contribution in [1.82, 2.24) is 4.57 Å². The number of para-hydroxylation sites is 1. The Kier molecular flexibility index (Phi) is 4.96. The van der Waals surface area contributed by atoms with Crippen molar-refractivity contribution in [3.63, 3.8) is 0 Å². The Hall–Kier alpha value is -1.05. The van der Waals surface area contributed by atoms with Gasteiger partial charge in [0.1, 0.15) is 5.75 Å². The molecule has 3 aromatic rings. The van der Waals surface area contributed by atoms with Crippen LogP contribution in [0.2, 0.25) is 0 Å². The van der Waals surface area contributed by atoms with Gasteiger partial charge in [0.2, 0.25) is 0 Å². The number of phenolic OH excluding ortho intramolecular Hbond substituents is 1. The van der Waals surface area contributed by atoms with Crippen LogP contribution < -0.4 is 0 Å². The van der Waals surface area contributed by atoms with Gasteiger partial charge in [0, 0.05) is 67.4 Å². The van der Waals surface area contributed by atoms with Crippen molar-refractivity contribution >= 4 is 27.8 Å². The average Bonchev–Trinajstić information content (AvgIpc) is 2.74. The van der Waals surface area contributed by atoms with Crippen LogP contribution in [0.3, 0.4) is 0 Å². The molecule has 0 atom stereocenters. The van der Waals surface area contributed by atoms with Crippen molar-refractivity contribution in [2.75, 3.05) is 6.61 Å². The van der Waals surface area contributed by atoms with Gasteiger partial charge >= 0.3 is 5.97 Å². The van der Waals surface area contributed by atoms with Gasteiger partial charge in [-0.15, -0.1) is 0 Å². The minimum Gasteiger partial charge on any atom is -0.506 e. The summed E-state index contributed by atoms with van der Waals surface area (Å²) in [4.78, 5) is 11.8. The van der Waals surface area contributed by atoms with E-state index in [-0.39, 0.29) is 49.8 Å². The summed E-state index contributed by atoms with van der Waals surface area (Å²) in [6.45, 7) is 2.07. The van der Waals surface area contributed by atoms with Crippen LogP contribution in [0.25, 0.3) is 21.8 Å². The number of phenols is 1. The second-order valence-corrected chi connectivity index (χ2v) is 4.69. The van der Waals surface area contributed by atoms with Crippen LogP contribution in [0, 0.1) is 44.1 Å². The summed E-state index contributed by atoms with van der Waals surface area (Å²) < 4.78 is 6.92. The molecule has 21 heavy (non-hydrogen) atoms. The second kappa shape index (κ2) is 6.38. The van der Waals surface area contributed by atoms with E-state index in [4.69, 9.17) is 4.74 Å². The predicted octanol–water partition coefficient (Wildman–Crippen LogP) is 3.21. The first kappa shape index (κ1) is 16.3. The SMILES string of the molecule is CCOC(=O)c1cc(O)c2c(c1)c1ccccc1n2C.[Ac]. The first-order chi connectivity index (χ1) is 9.63. The molecule has 0 saturated heterocycles. The van der Waals surface area contributed by atoms with E-state index in [9.17, 15) is 9.90 Å². The van der Waals surface area contributed by atoms with Gasteiger partial charge in [0.25, 0.3) is 0 Å². The number of carbonyl (C=O) groups is 1. The summed E-state index contributed by atoms with van der Waals surface area (Å²) in [5, 5.41) is 12.1. The summed E-state index contributed by atoms with van der Waals surface area (Å²) in [6, 6.07) is 11.1. The van der Waals surface area contributed by atoms with Crippen molar-refractivity contribution < 1.29 is 58.7 Å². The third kappa shape index (κ3) is 2.70. The van der Waals surface area contributed by atoms with E-state index < -0.39 is 5.97 Å². The number of aryl methyl sites for hydroxylation is 1. The summed E-state index contributed by atoms with van der Waals surface area (Å²) >= 11 is 0. The van der Waals surface area contributed by atoms with E-state index in [1.165, 1.54) is 6.07 Å². The monoisotopic (exact) mass is 496 g/mol. The van der Waals surface area contributed by atoms with E-state index in [0.29, 0.717) is 12.2 Å². The number of nitrogens with zero attached hydrogens (tertiary/aromatic N) is 1. The number of fused-ring (bicyclic) bond motifs is 3. The molecule has 0 amide bonds. The van der Waals surface area contributed by atoms with Gasteiger partial charge in [0.15, 0.2) is 0 Å². The normalized spacial score (nSPS) is 10.6. The van der Waals surface area contributed by atoms with Crippen molar-refractivity contribution in [1.29, 1.82) is 0 Å². The van der Waals surface area contributed by atoms with Crippen molar-refractivity contribution in [2.24, 2.45) is 7.05 Å². The first-order valence-electron chi connectivity index (χ1n) is 6.50. The molecule has 105 valence electrons. The number of hydrogen-bond donors (Lipinski definition) is 1. The molecule has 0 fully saturated rings. The van der Waals surface area contributed by atoms with Gasteiger partial charge in [-0.2, -0.15) is 0 Å². The van der Waals surface area contributed by atoms with E-state index in [1.54, 1.807) is 13.0 Å². The molecule has 0 bridgehead atoms. The van der Waals surface area contributed by atoms with Crippen LogP contribution >= 0.6 is 0 Å². The molecule has 1 N–H and O–H groups in total. The van der Waals surface area contributed by atoms with Gasteiger partial charge in [-0.05, 0) is 25.1 Å². The Morgan fingerprint density at radius 2 is 1.95 bits per heavy atom. The summed E-state index contributed by atoms with van der Waals surface area (Å²) in [5.41, 5.74) is 2.10. The van der Waals surface area contributed by atoms with E-state index in [2.05, 4.69) is 0 Å². The molecule has 0 aliphatic rings. The molecule has 4 nitrogen and oxygen atoms in total. The molecule has 0 unspecified atom stereocenters. The standard InChI is InChI=1S/C16H15NO3.Ac/c1-3-20-16(19)10-8-12-11-6-4-5-7-13(11)17(2)15(12)14(18)9-10;/h4-9,18H,3H2,1-2H3;. The summed E-state index contributed by atoms with van der Waals surface area (Å²) in [5.74, 6) is -0.332. The Morgan fingerprint density at radius 3 is 2.67 bits per heavy atom. The van der Waals surface area contributed by atoms with Crippen molar-refractivity contribution in [3.8, 4) is 5.75 Å². The Bertz CT molecular complexity index is 823. The quantitative estimate of drug-likeness (QED) is 0.555. The number of aromatic nitrogens is 1. The van der Waals surface area contributed by atoms with Gasteiger partial charge < -0.3 is 14.4 Å². The van der Waals surface area contributed by atoms with Gasteiger partial charge in [-0.3, -0.25) is 0 Å². The van der Waals surface area contributed by atoms with Gasteiger partial charge in [-0.1, -0.05) is 18.2 Å². The number of ether oxygens (including phenoxy) is 1. The molecular weight excluding hydrogens is 481 g/mol. The number of aromatic hydroxyl groups is 1. The Labute approximate surface area is 158 Å². The van der Waals surface area contributed by atoms with Crippen LogP contribution in [0.5, 0.6) is 5.75 Å². The minimum absolute atomic E-state index is 0. The molecular formula is C16H15AcNO3. The van der Waals surface area contributed by atoms with E-state index in [0.717, 1.165) is 21.8 Å². The van der Waals surface area contributed by atoms with Crippen LogP contribution in [-0.2, 0) is 11.8 Å². The maximum atomic E-state index is 11.8. The molecule has 3 rings (SSSR count). The maximum absolute atomic E-state index is 11.8. The number of benzene rings is 2. The number of esters is 1. The van der Waals surface area contributed by atoms with Crippen LogP contribution in [0.4, 0.5) is 0 Å². The van der Waals surface area contributed by atoms with Gasteiger partial charge in [-0.25, -0.2) is 4.79 Å². The van der Waals surface area contributed by atoms with Crippen LogP contribution in [0.1, 0.15) is 17.3 Å². The first-order valence-corrected chi connectivity index (χ1v) is 6.50. The minimum atomic E-state index is -0.419. The zero-order valence-corrected chi connectivity index (χ0v) is 16.7. The largest absolute Gasteiger partial charge is 0.506 e. The zero-order chi connectivity index (χ0) is 14.3. The predicted molar refractivity (Wildman–Crippen MR) is 78.0 cm³/mol. The van der Waals surface area contributed by atoms with E-state index in [1.807, 2.05) is 35.9 Å². The maximum Gasteiger partial charge on any atom is 0.338 e. The van der Waals surface area contributed by atoms with Crippen LogP contribution in [0.15, 0.2) is 36.4 Å². The molecule has 1 radical (unpaired) electrons. The fourth-order valence-electron chi connectivity index (χ4n) is 2.62. The molecule has 0 saturated carbocycles. The van der Waals surface area contributed by atoms with E-state index >= 15 is 0 Å². The molecule has 1 aromatic heterocycles. The Morgan fingerprint density at radius 1 is 1.24 bits per heavy atom. The van der Waals surface area contributed by atoms with Crippen molar-refractivity contribution in [2.45, 2.75) is 6.92 Å². The fraction of sp³-hybridized carbons (Fsp3) is 0.188. The Balaban J connectivity index is 0.00000161. The average molecular weight is 496 g/mol. The molecule has 1 heterocycles. The molecule has 2 aromatic carbocycles. The van der Waals surface area contributed by atoms with Crippen LogP contribution in [-0.4, -0.2) is 22.2 Å². The summed E-state index contributed by atoms with van der Waals surface area (Å²) in [7, 11) is 1.90. The summed E-state index contributed by atoms with van der Waals surface area (Å²) in [6.07, 6.45) is 0. The second-order valence-electron chi connectivity index (χ2n) is 4.69. The third-order valence-electron chi connectivity index (χ3n) is 3.49. The molecule has 0 spiro atoms. The molecule has 0 aliphatic carbocycles. The van der Waals surface area contributed by atoms with Gasteiger partial charge in [0.05, 0.1) is 17.7 Å². The molecule has 5 heteroatoms. The number of carbonyl (C=O) groups excluding carboxylic acids is 1. The third-order valence-corrected chi connectivity index (χ3v) is 3.49. The fourth-order valence-corrected chi connectivity index (χ4v) is 2.62. The zero-order valence-electron chi connectivity index (χ0n) is 12.0. The number of rotatable bonds is 2.